The standard InChI is InChI=1S/C19H26N4O/c1-14-6-4-7-16(10-14)12-23-9-5-8-17(13-23)20-19(24)18-11-15(2)22(3)21-18/h4,6-7,10-11,17H,5,8-9,12-13H2,1-3H3,(H,20,24). The molecule has 1 aromatic carbocycles. The summed E-state index contributed by atoms with van der Waals surface area (Å²) in [4.78, 5) is 14.8. The molecule has 3 rings (SSSR count). The lowest BCUT2D eigenvalue weighted by Gasteiger charge is -2.33. The molecule has 24 heavy (non-hydrogen) atoms. The molecule has 0 saturated carbocycles. The Bertz CT molecular complexity index is 702. The van der Waals surface area contributed by atoms with E-state index in [-0.39, 0.29) is 11.9 Å². The van der Waals surface area contributed by atoms with Gasteiger partial charge in [0.25, 0.3) is 5.91 Å². The van der Waals surface area contributed by atoms with Crippen LogP contribution in [0.4, 0.5) is 0 Å². The van der Waals surface area contributed by atoms with Crippen LogP contribution in [-0.2, 0) is 13.6 Å². The lowest BCUT2D eigenvalue weighted by Crippen LogP contribution is -2.47. The first-order chi connectivity index (χ1) is 11.5. The average molecular weight is 326 g/mol. The predicted octanol–water partition coefficient (Wildman–Crippen LogP) is 2.43. The maximum Gasteiger partial charge on any atom is 0.272 e. The zero-order valence-corrected chi connectivity index (χ0v) is 14.7. The lowest BCUT2D eigenvalue weighted by atomic mass is 10.0. The van der Waals surface area contributed by atoms with Gasteiger partial charge in [-0.05, 0) is 44.9 Å². The molecule has 1 fully saturated rings. The van der Waals surface area contributed by atoms with Gasteiger partial charge in [-0.15, -0.1) is 0 Å². The molecule has 0 bridgehead atoms. The maximum atomic E-state index is 12.4. The molecule has 1 aliphatic heterocycles. The SMILES string of the molecule is Cc1cccc(CN2CCCC(NC(=O)c3cc(C)n(C)n3)C2)c1. The summed E-state index contributed by atoms with van der Waals surface area (Å²) in [7, 11) is 1.86. The number of nitrogens with zero attached hydrogens (tertiary/aromatic N) is 3. The van der Waals surface area contributed by atoms with Crippen LogP contribution in [-0.4, -0.2) is 39.7 Å². The largest absolute Gasteiger partial charge is 0.347 e. The summed E-state index contributed by atoms with van der Waals surface area (Å²) < 4.78 is 1.74. The number of piperidine rings is 1. The molecule has 1 aliphatic rings. The number of carbonyl (C=O) groups is 1. The van der Waals surface area contributed by atoms with E-state index in [4.69, 9.17) is 0 Å². The van der Waals surface area contributed by atoms with Crippen molar-refractivity contribution >= 4 is 5.91 Å². The summed E-state index contributed by atoms with van der Waals surface area (Å²) in [5.41, 5.74) is 4.12. The summed E-state index contributed by atoms with van der Waals surface area (Å²) in [6.45, 7) is 7.00. The number of aromatic nitrogens is 2. The Balaban J connectivity index is 1.58. The van der Waals surface area contributed by atoms with Crippen molar-refractivity contribution in [3.8, 4) is 0 Å². The van der Waals surface area contributed by atoms with Gasteiger partial charge < -0.3 is 5.32 Å². The van der Waals surface area contributed by atoms with Gasteiger partial charge in [0.15, 0.2) is 0 Å². The number of carbonyl (C=O) groups excluding carboxylic acids is 1. The fourth-order valence-electron chi connectivity index (χ4n) is 3.32. The van der Waals surface area contributed by atoms with Gasteiger partial charge in [0.05, 0.1) is 0 Å². The van der Waals surface area contributed by atoms with Crippen molar-refractivity contribution < 1.29 is 4.79 Å². The van der Waals surface area contributed by atoms with Crippen LogP contribution in [0.1, 0.15) is 40.2 Å². The zero-order chi connectivity index (χ0) is 17.1. The van der Waals surface area contributed by atoms with Gasteiger partial charge >= 0.3 is 0 Å². The van der Waals surface area contributed by atoms with Crippen molar-refractivity contribution in [1.82, 2.24) is 20.0 Å². The Morgan fingerprint density at radius 1 is 1.33 bits per heavy atom. The molecule has 5 nitrogen and oxygen atoms in total. The molecule has 2 aromatic rings. The monoisotopic (exact) mass is 326 g/mol. The van der Waals surface area contributed by atoms with Crippen LogP contribution in [0.3, 0.4) is 0 Å². The van der Waals surface area contributed by atoms with Crippen LogP contribution < -0.4 is 5.32 Å². The second-order valence-corrected chi connectivity index (χ2v) is 6.83. The Labute approximate surface area is 143 Å². The Hall–Kier alpha value is -2.14. The molecule has 0 radical (unpaired) electrons. The second-order valence-electron chi connectivity index (χ2n) is 6.83. The fraction of sp³-hybridized carbons (Fsp3) is 0.474. The third kappa shape index (κ3) is 4.03. The molecule has 1 atom stereocenters. The summed E-state index contributed by atoms with van der Waals surface area (Å²) in [6.07, 6.45) is 2.14. The number of aryl methyl sites for hydroxylation is 3. The van der Waals surface area contributed by atoms with Gasteiger partial charge in [0.1, 0.15) is 5.69 Å². The van der Waals surface area contributed by atoms with Gasteiger partial charge in [0, 0.05) is 31.9 Å². The first-order valence-corrected chi connectivity index (χ1v) is 8.60. The van der Waals surface area contributed by atoms with Crippen LogP contribution in [0.5, 0.6) is 0 Å². The summed E-state index contributed by atoms with van der Waals surface area (Å²) in [5, 5.41) is 7.41. The van der Waals surface area contributed by atoms with Crippen molar-refractivity contribution in [2.75, 3.05) is 13.1 Å². The number of nitrogens with one attached hydrogen (secondary N) is 1. The van der Waals surface area contributed by atoms with Crippen molar-refractivity contribution in [2.24, 2.45) is 7.05 Å². The third-order valence-electron chi connectivity index (χ3n) is 4.68. The van der Waals surface area contributed by atoms with E-state index in [0.29, 0.717) is 5.69 Å². The highest BCUT2D eigenvalue weighted by Gasteiger charge is 2.23. The molecule has 128 valence electrons. The summed E-state index contributed by atoms with van der Waals surface area (Å²) in [6, 6.07) is 10.7. The quantitative estimate of drug-likeness (QED) is 0.939. The molecule has 5 heteroatoms. The first-order valence-electron chi connectivity index (χ1n) is 8.60. The van der Waals surface area contributed by atoms with Crippen LogP contribution in [0, 0.1) is 13.8 Å². The first kappa shape index (κ1) is 16.7. The highest BCUT2D eigenvalue weighted by atomic mass is 16.2. The van der Waals surface area contributed by atoms with Gasteiger partial charge in [-0.2, -0.15) is 5.10 Å². The number of hydrogen-bond donors (Lipinski definition) is 1. The average Bonchev–Trinajstić information content (AvgIpc) is 2.87. The van der Waals surface area contributed by atoms with E-state index < -0.39 is 0 Å². The normalized spacial score (nSPS) is 18.5. The van der Waals surface area contributed by atoms with Crippen molar-refractivity contribution in [1.29, 1.82) is 0 Å². The van der Waals surface area contributed by atoms with Crippen molar-refractivity contribution in [2.45, 2.75) is 39.3 Å². The van der Waals surface area contributed by atoms with Crippen LogP contribution in [0.2, 0.25) is 0 Å². The van der Waals surface area contributed by atoms with E-state index in [9.17, 15) is 4.79 Å². The number of hydrogen-bond acceptors (Lipinski definition) is 3. The van der Waals surface area contributed by atoms with E-state index in [1.807, 2.05) is 20.0 Å². The van der Waals surface area contributed by atoms with Crippen LogP contribution >= 0.6 is 0 Å². The molecule has 1 amide bonds. The predicted molar refractivity (Wildman–Crippen MR) is 94.9 cm³/mol. The van der Waals surface area contributed by atoms with Gasteiger partial charge in [0.2, 0.25) is 0 Å². The summed E-state index contributed by atoms with van der Waals surface area (Å²) in [5.74, 6) is -0.0684. The molecular weight excluding hydrogens is 300 g/mol. The molecule has 1 N–H and O–H groups in total. The van der Waals surface area contributed by atoms with Crippen LogP contribution in [0.25, 0.3) is 0 Å². The number of rotatable bonds is 4. The maximum absolute atomic E-state index is 12.4. The second kappa shape index (κ2) is 7.18. The minimum Gasteiger partial charge on any atom is -0.347 e. The van der Waals surface area contributed by atoms with Gasteiger partial charge in [-0.3, -0.25) is 14.4 Å². The fourth-order valence-corrected chi connectivity index (χ4v) is 3.32. The lowest BCUT2D eigenvalue weighted by molar-refractivity contribution is 0.0895. The van der Waals surface area contributed by atoms with Crippen LogP contribution in [0.15, 0.2) is 30.3 Å². The van der Waals surface area contributed by atoms with Gasteiger partial charge in [-0.1, -0.05) is 29.8 Å². The smallest absolute Gasteiger partial charge is 0.272 e. The minimum absolute atomic E-state index is 0.0684. The molecule has 0 aliphatic carbocycles. The van der Waals surface area contributed by atoms with E-state index in [1.165, 1.54) is 11.1 Å². The third-order valence-corrected chi connectivity index (χ3v) is 4.68. The van der Waals surface area contributed by atoms with Gasteiger partial charge in [-0.25, -0.2) is 0 Å². The molecule has 1 unspecified atom stereocenters. The molecule has 0 spiro atoms. The molecular formula is C19H26N4O. The van der Waals surface area contributed by atoms with E-state index >= 15 is 0 Å². The van der Waals surface area contributed by atoms with E-state index in [2.05, 4.69) is 46.5 Å². The number of amides is 1. The molecule has 2 heterocycles. The topological polar surface area (TPSA) is 50.2 Å². The highest BCUT2D eigenvalue weighted by Crippen LogP contribution is 2.15. The van der Waals surface area contributed by atoms with Crippen molar-refractivity contribution in [3.63, 3.8) is 0 Å². The molecule has 1 saturated heterocycles. The minimum atomic E-state index is -0.0684. The zero-order valence-electron chi connectivity index (χ0n) is 14.7. The molecule has 1 aromatic heterocycles. The van der Waals surface area contributed by atoms with E-state index in [1.54, 1.807) is 4.68 Å². The van der Waals surface area contributed by atoms with E-state index in [0.717, 1.165) is 38.2 Å². The number of likely N-dealkylation sites (tertiary alicyclic amines) is 1. The Morgan fingerprint density at radius 3 is 2.88 bits per heavy atom. The highest BCUT2D eigenvalue weighted by molar-refractivity contribution is 5.92. The van der Waals surface area contributed by atoms with Crippen molar-refractivity contribution in [3.05, 3.63) is 52.8 Å². The Kier molecular flexibility index (Phi) is 5.00. The number of benzene rings is 1. The Morgan fingerprint density at radius 2 is 2.17 bits per heavy atom. The summed E-state index contributed by atoms with van der Waals surface area (Å²) >= 11 is 0.